The molecule has 1 rings (SSSR count). The Kier molecular flexibility index (Phi) is 6.74. The highest BCUT2D eigenvalue weighted by Gasteiger charge is 2.19. The first-order chi connectivity index (χ1) is 7.36. The minimum atomic E-state index is 0.955. The molecule has 0 heterocycles. The molecule has 0 bridgehead atoms. The Morgan fingerprint density at radius 2 is 1.87 bits per heavy atom. The van der Waals surface area contributed by atoms with E-state index in [1.54, 1.807) is 0 Å². The average Bonchev–Trinajstić information content (AvgIpc) is 2.30. The van der Waals surface area contributed by atoms with Gasteiger partial charge in [-0.1, -0.05) is 32.3 Å². The molecule has 1 aliphatic rings. The fourth-order valence-electron chi connectivity index (χ4n) is 2.52. The van der Waals surface area contributed by atoms with Gasteiger partial charge in [0, 0.05) is 0 Å². The van der Waals surface area contributed by atoms with Gasteiger partial charge < -0.3 is 5.32 Å². The normalized spacial score (nSPS) is 26.5. The van der Waals surface area contributed by atoms with Gasteiger partial charge in [-0.2, -0.15) is 0 Å². The molecule has 0 atom stereocenters. The highest BCUT2D eigenvalue weighted by molar-refractivity contribution is 4.73. The minimum Gasteiger partial charge on any atom is -0.316 e. The van der Waals surface area contributed by atoms with Crippen LogP contribution in [-0.4, -0.2) is 13.1 Å². The lowest BCUT2D eigenvalue weighted by atomic mass is 9.81. The average molecular weight is 209 g/mol. The molecule has 0 aliphatic heterocycles. The van der Waals surface area contributed by atoms with Crippen LogP contribution in [0, 0.1) is 11.8 Å². The Hall–Kier alpha value is -0.300. The van der Waals surface area contributed by atoms with Gasteiger partial charge in [0.15, 0.2) is 0 Å². The van der Waals surface area contributed by atoms with Gasteiger partial charge in [0.25, 0.3) is 0 Å². The van der Waals surface area contributed by atoms with Crippen molar-refractivity contribution in [3.05, 3.63) is 12.7 Å². The maximum atomic E-state index is 3.74. The second-order valence-electron chi connectivity index (χ2n) is 4.93. The maximum Gasteiger partial charge on any atom is -0.00205 e. The SMILES string of the molecule is C=CCCCNCC1CCC(CC)CC1. The summed E-state index contributed by atoms with van der Waals surface area (Å²) in [6.45, 7) is 8.48. The predicted molar refractivity (Wildman–Crippen MR) is 68.0 cm³/mol. The van der Waals surface area contributed by atoms with Crippen molar-refractivity contribution in [2.45, 2.75) is 51.9 Å². The van der Waals surface area contributed by atoms with E-state index >= 15 is 0 Å². The Morgan fingerprint density at radius 3 is 2.47 bits per heavy atom. The molecular weight excluding hydrogens is 182 g/mol. The monoisotopic (exact) mass is 209 g/mol. The van der Waals surface area contributed by atoms with Gasteiger partial charge in [-0.25, -0.2) is 0 Å². The summed E-state index contributed by atoms with van der Waals surface area (Å²) in [5.74, 6) is 1.98. The summed E-state index contributed by atoms with van der Waals surface area (Å²) < 4.78 is 0. The summed E-state index contributed by atoms with van der Waals surface area (Å²) in [5, 5.41) is 3.57. The smallest absolute Gasteiger partial charge is 0.00205 e. The second-order valence-corrected chi connectivity index (χ2v) is 4.93. The largest absolute Gasteiger partial charge is 0.316 e. The molecule has 0 amide bonds. The van der Waals surface area contributed by atoms with Crippen molar-refractivity contribution in [3.8, 4) is 0 Å². The minimum absolute atomic E-state index is 0.955. The van der Waals surface area contributed by atoms with Crippen LogP contribution in [0.4, 0.5) is 0 Å². The Bertz CT molecular complexity index is 157. The molecule has 0 aromatic carbocycles. The van der Waals surface area contributed by atoms with Crippen molar-refractivity contribution in [2.24, 2.45) is 11.8 Å². The van der Waals surface area contributed by atoms with E-state index in [9.17, 15) is 0 Å². The van der Waals surface area contributed by atoms with Crippen LogP contribution < -0.4 is 5.32 Å². The van der Waals surface area contributed by atoms with Gasteiger partial charge in [0.05, 0.1) is 0 Å². The van der Waals surface area contributed by atoms with Crippen LogP contribution in [0.3, 0.4) is 0 Å². The molecule has 88 valence electrons. The topological polar surface area (TPSA) is 12.0 Å². The highest BCUT2D eigenvalue weighted by atomic mass is 14.9. The Morgan fingerprint density at radius 1 is 1.20 bits per heavy atom. The third-order valence-electron chi connectivity index (χ3n) is 3.74. The lowest BCUT2D eigenvalue weighted by Gasteiger charge is -2.27. The van der Waals surface area contributed by atoms with Gasteiger partial charge in [0.2, 0.25) is 0 Å². The quantitative estimate of drug-likeness (QED) is 0.497. The number of allylic oxidation sites excluding steroid dienone is 1. The van der Waals surface area contributed by atoms with E-state index in [0.29, 0.717) is 0 Å². The molecule has 0 unspecified atom stereocenters. The summed E-state index contributed by atoms with van der Waals surface area (Å²) in [4.78, 5) is 0. The van der Waals surface area contributed by atoms with Crippen LogP contribution >= 0.6 is 0 Å². The van der Waals surface area contributed by atoms with Gasteiger partial charge in [0.1, 0.15) is 0 Å². The molecule has 1 fully saturated rings. The maximum absolute atomic E-state index is 3.74. The van der Waals surface area contributed by atoms with Crippen LogP contribution in [0.25, 0.3) is 0 Å². The van der Waals surface area contributed by atoms with E-state index in [-0.39, 0.29) is 0 Å². The van der Waals surface area contributed by atoms with Crippen LogP contribution in [-0.2, 0) is 0 Å². The van der Waals surface area contributed by atoms with Crippen molar-refractivity contribution >= 4 is 0 Å². The van der Waals surface area contributed by atoms with Gasteiger partial charge in [-0.15, -0.1) is 6.58 Å². The molecule has 15 heavy (non-hydrogen) atoms. The zero-order valence-electron chi connectivity index (χ0n) is 10.3. The lowest BCUT2D eigenvalue weighted by Crippen LogP contribution is -2.27. The van der Waals surface area contributed by atoms with E-state index in [1.165, 1.54) is 51.6 Å². The van der Waals surface area contributed by atoms with Crippen molar-refractivity contribution in [1.82, 2.24) is 5.32 Å². The molecule has 1 saturated carbocycles. The predicted octanol–water partition coefficient (Wildman–Crippen LogP) is 3.76. The molecule has 0 aromatic heterocycles. The zero-order valence-corrected chi connectivity index (χ0v) is 10.3. The summed E-state index contributed by atoms with van der Waals surface area (Å²) >= 11 is 0. The number of rotatable bonds is 7. The van der Waals surface area contributed by atoms with E-state index in [2.05, 4.69) is 18.8 Å². The fourth-order valence-corrected chi connectivity index (χ4v) is 2.52. The molecule has 0 saturated heterocycles. The molecule has 0 radical (unpaired) electrons. The van der Waals surface area contributed by atoms with E-state index in [4.69, 9.17) is 0 Å². The number of nitrogens with one attached hydrogen (secondary N) is 1. The molecule has 1 nitrogen and oxygen atoms in total. The van der Waals surface area contributed by atoms with Crippen LogP contribution in [0.5, 0.6) is 0 Å². The fraction of sp³-hybridized carbons (Fsp3) is 0.857. The molecule has 0 aromatic rings. The van der Waals surface area contributed by atoms with Crippen molar-refractivity contribution in [3.63, 3.8) is 0 Å². The second kappa shape index (κ2) is 7.92. The third kappa shape index (κ3) is 5.36. The summed E-state index contributed by atoms with van der Waals surface area (Å²) in [5.41, 5.74) is 0. The Labute approximate surface area is 95.3 Å². The number of unbranched alkanes of at least 4 members (excludes halogenated alkanes) is 1. The number of hydrogen-bond donors (Lipinski definition) is 1. The van der Waals surface area contributed by atoms with Gasteiger partial charge >= 0.3 is 0 Å². The highest BCUT2D eigenvalue weighted by Crippen LogP contribution is 2.29. The molecule has 0 spiro atoms. The van der Waals surface area contributed by atoms with Crippen LogP contribution in [0.1, 0.15) is 51.9 Å². The standard InChI is InChI=1S/C14H27N/c1-3-5-6-11-15-12-14-9-7-13(4-2)8-10-14/h3,13-15H,1,4-12H2,2H3. The first-order valence-corrected chi connectivity index (χ1v) is 6.68. The summed E-state index contributed by atoms with van der Waals surface area (Å²) in [7, 11) is 0. The van der Waals surface area contributed by atoms with E-state index in [1.807, 2.05) is 6.08 Å². The summed E-state index contributed by atoms with van der Waals surface area (Å²) in [6, 6.07) is 0. The first-order valence-electron chi connectivity index (χ1n) is 6.68. The zero-order chi connectivity index (χ0) is 10.9. The third-order valence-corrected chi connectivity index (χ3v) is 3.74. The van der Waals surface area contributed by atoms with Crippen molar-refractivity contribution < 1.29 is 0 Å². The van der Waals surface area contributed by atoms with Gasteiger partial charge in [-0.3, -0.25) is 0 Å². The molecule has 1 N–H and O–H groups in total. The molecule has 1 heteroatoms. The molecule has 1 aliphatic carbocycles. The molecular formula is C14H27N. The van der Waals surface area contributed by atoms with Crippen LogP contribution in [0.15, 0.2) is 12.7 Å². The van der Waals surface area contributed by atoms with Crippen molar-refractivity contribution in [1.29, 1.82) is 0 Å². The summed E-state index contributed by atoms with van der Waals surface area (Å²) in [6.07, 6.45) is 11.6. The van der Waals surface area contributed by atoms with E-state index < -0.39 is 0 Å². The van der Waals surface area contributed by atoms with Crippen molar-refractivity contribution in [2.75, 3.05) is 13.1 Å². The Balaban J connectivity index is 1.96. The van der Waals surface area contributed by atoms with Gasteiger partial charge in [-0.05, 0) is 50.6 Å². The number of hydrogen-bond acceptors (Lipinski definition) is 1. The van der Waals surface area contributed by atoms with Crippen LogP contribution in [0.2, 0.25) is 0 Å². The lowest BCUT2D eigenvalue weighted by molar-refractivity contribution is 0.263. The first kappa shape index (κ1) is 12.8. The van der Waals surface area contributed by atoms with E-state index in [0.717, 1.165) is 18.3 Å².